The van der Waals surface area contributed by atoms with Crippen molar-refractivity contribution in [3.05, 3.63) is 74.5 Å². The number of thioether (sulfide) groups is 1. The van der Waals surface area contributed by atoms with E-state index >= 15 is 0 Å². The van der Waals surface area contributed by atoms with Gasteiger partial charge in [0, 0.05) is 19.3 Å². The minimum atomic E-state index is -0.251. The molecular formula is C26H26N4O4S2. The zero-order valence-electron chi connectivity index (χ0n) is 20.0. The highest BCUT2D eigenvalue weighted by atomic mass is 32.2. The Hall–Kier alpha value is -3.21. The van der Waals surface area contributed by atoms with Crippen LogP contribution in [0.3, 0.4) is 0 Å². The topological polar surface area (TPSA) is 85.2 Å². The molecule has 1 aromatic carbocycles. The zero-order chi connectivity index (χ0) is 25.2. The minimum absolute atomic E-state index is 0.0673. The van der Waals surface area contributed by atoms with Crippen molar-refractivity contribution in [1.82, 2.24) is 14.3 Å². The molecule has 2 fully saturated rings. The Labute approximate surface area is 218 Å². The molecule has 1 atom stereocenters. The van der Waals surface area contributed by atoms with Gasteiger partial charge in [-0.15, -0.1) is 0 Å². The monoisotopic (exact) mass is 522 g/mol. The average molecular weight is 523 g/mol. The lowest BCUT2D eigenvalue weighted by Gasteiger charge is -2.15. The van der Waals surface area contributed by atoms with E-state index in [1.54, 1.807) is 24.3 Å². The van der Waals surface area contributed by atoms with E-state index in [0.717, 1.165) is 36.3 Å². The molecule has 2 saturated heterocycles. The van der Waals surface area contributed by atoms with Crippen LogP contribution < -0.4 is 15.6 Å². The molecule has 2 aliphatic rings. The number of pyridine rings is 1. The number of benzene rings is 1. The number of thiocarbonyl (C=S) groups is 1. The third-order valence-electron chi connectivity index (χ3n) is 6.25. The summed E-state index contributed by atoms with van der Waals surface area (Å²) in [5.41, 5.74) is 2.45. The number of fused-ring (bicyclic) bond motifs is 1. The van der Waals surface area contributed by atoms with Crippen LogP contribution in [-0.2, 0) is 16.1 Å². The molecule has 4 heterocycles. The van der Waals surface area contributed by atoms with Crippen molar-refractivity contribution in [3.8, 4) is 5.75 Å². The van der Waals surface area contributed by atoms with Crippen LogP contribution in [0, 0.1) is 6.92 Å². The molecule has 0 bridgehead atoms. The van der Waals surface area contributed by atoms with E-state index in [2.05, 4.69) is 5.32 Å². The van der Waals surface area contributed by atoms with Crippen LogP contribution in [0.5, 0.6) is 5.75 Å². The van der Waals surface area contributed by atoms with Gasteiger partial charge in [0.2, 0.25) is 0 Å². The Morgan fingerprint density at radius 1 is 1.28 bits per heavy atom. The highest BCUT2D eigenvalue weighted by molar-refractivity contribution is 8.26. The van der Waals surface area contributed by atoms with Crippen LogP contribution in [0.15, 0.2) is 52.3 Å². The maximum Gasteiger partial charge on any atom is 0.267 e. The number of anilines is 1. The second kappa shape index (κ2) is 10.4. The van der Waals surface area contributed by atoms with Gasteiger partial charge in [0.05, 0.1) is 30.2 Å². The van der Waals surface area contributed by atoms with Crippen LogP contribution in [0.25, 0.3) is 11.7 Å². The Bertz CT molecular complexity index is 1410. The number of aryl methyl sites for hydroxylation is 1. The van der Waals surface area contributed by atoms with Crippen molar-refractivity contribution in [2.75, 3.05) is 25.6 Å². The molecule has 36 heavy (non-hydrogen) atoms. The predicted molar refractivity (Wildman–Crippen MR) is 145 cm³/mol. The summed E-state index contributed by atoms with van der Waals surface area (Å²) in [6.45, 7) is 3.52. The van der Waals surface area contributed by atoms with Crippen molar-refractivity contribution in [2.45, 2.75) is 32.4 Å². The summed E-state index contributed by atoms with van der Waals surface area (Å²) in [5.74, 6) is 0.941. The number of hydrogen-bond donors (Lipinski definition) is 1. The van der Waals surface area contributed by atoms with E-state index in [0.29, 0.717) is 39.3 Å². The van der Waals surface area contributed by atoms with Crippen LogP contribution >= 0.6 is 24.0 Å². The fraction of sp³-hybridized carbons (Fsp3) is 0.308. The van der Waals surface area contributed by atoms with Crippen LogP contribution in [-0.4, -0.2) is 50.9 Å². The first-order chi connectivity index (χ1) is 17.4. The summed E-state index contributed by atoms with van der Waals surface area (Å²) >= 11 is 6.70. The van der Waals surface area contributed by atoms with Gasteiger partial charge in [-0.3, -0.25) is 18.9 Å². The first-order valence-corrected chi connectivity index (χ1v) is 12.9. The van der Waals surface area contributed by atoms with Gasteiger partial charge in [-0.2, -0.15) is 0 Å². The lowest BCUT2D eigenvalue weighted by atomic mass is 10.2. The van der Waals surface area contributed by atoms with Crippen molar-refractivity contribution >= 4 is 51.7 Å². The second-order valence-electron chi connectivity index (χ2n) is 8.70. The number of methoxy groups -OCH3 is 1. The normalized spacial score (nSPS) is 19.0. The van der Waals surface area contributed by atoms with Crippen LogP contribution in [0.4, 0.5) is 5.82 Å². The van der Waals surface area contributed by atoms with Crippen molar-refractivity contribution in [1.29, 1.82) is 0 Å². The molecule has 0 aliphatic carbocycles. The Balaban J connectivity index is 1.48. The minimum Gasteiger partial charge on any atom is -0.497 e. The highest BCUT2D eigenvalue weighted by Crippen LogP contribution is 2.34. The first-order valence-electron chi connectivity index (χ1n) is 11.7. The fourth-order valence-electron chi connectivity index (χ4n) is 4.27. The standard InChI is InChI=1S/C26H26N4O4S2/c1-16-5-3-11-29-23(16)28-22(27-14-19-6-4-12-34-19)20(24(29)31)13-21-25(32)30(26(35)36-21)15-17-7-9-18(33-2)10-8-17/h3,5,7-11,13,19,27H,4,6,12,14-15H2,1-2H3/b21-13+. The fourth-order valence-corrected chi connectivity index (χ4v) is 5.51. The number of nitrogens with one attached hydrogen (secondary N) is 1. The number of nitrogens with zero attached hydrogens (tertiary/aromatic N) is 3. The molecule has 0 saturated carbocycles. The summed E-state index contributed by atoms with van der Waals surface area (Å²) in [6.07, 6.45) is 5.33. The Morgan fingerprint density at radius 3 is 2.81 bits per heavy atom. The summed E-state index contributed by atoms with van der Waals surface area (Å²) in [5, 5.41) is 3.30. The van der Waals surface area contributed by atoms with Crippen LogP contribution in [0.2, 0.25) is 0 Å². The Kier molecular flexibility index (Phi) is 7.08. The molecule has 0 spiro atoms. The largest absolute Gasteiger partial charge is 0.497 e. The lowest BCUT2D eigenvalue weighted by Crippen LogP contribution is -2.27. The summed E-state index contributed by atoms with van der Waals surface area (Å²) in [4.78, 5) is 33.5. The molecular weight excluding hydrogens is 496 g/mol. The summed E-state index contributed by atoms with van der Waals surface area (Å²) in [7, 11) is 1.61. The van der Waals surface area contributed by atoms with Crippen molar-refractivity contribution in [2.24, 2.45) is 0 Å². The first kappa shape index (κ1) is 24.5. The molecule has 8 nitrogen and oxygen atoms in total. The van der Waals surface area contributed by atoms with Gasteiger partial charge >= 0.3 is 0 Å². The maximum atomic E-state index is 13.5. The predicted octanol–water partition coefficient (Wildman–Crippen LogP) is 4.00. The average Bonchev–Trinajstić information content (AvgIpc) is 3.49. The van der Waals surface area contributed by atoms with E-state index < -0.39 is 0 Å². The molecule has 1 unspecified atom stereocenters. The number of rotatable bonds is 7. The number of aromatic nitrogens is 2. The van der Waals surface area contributed by atoms with Crippen LogP contribution in [0.1, 0.15) is 29.5 Å². The van der Waals surface area contributed by atoms with Gasteiger partial charge in [0.25, 0.3) is 11.5 Å². The van der Waals surface area contributed by atoms with E-state index in [1.807, 2.05) is 43.3 Å². The molecule has 2 aromatic heterocycles. The van der Waals surface area contributed by atoms with Gasteiger partial charge in [-0.25, -0.2) is 4.98 Å². The second-order valence-corrected chi connectivity index (χ2v) is 10.4. The molecule has 1 N–H and O–H groups in total. The number of carbonyl (C=O) groups excluding carboxylic acids is 1. The van der Waals surface area contributed by atoms with E-state index in [9.17, 15) is 9.59 Å². The summed E-state index contributed by atoms with van der Waals surface area (Å²) in [6, 6.07) is 11.2. The third kappa shape index (κ3) is 4.88. The van der Waals surface area contributed by atoms with E-state index in [-0.39, 0.29) is 17.6 Å². The molecule has 1 amide bonds. The Morgan fingerprint density at radius 2 is 2.08 bits per heavy atom. The highest BCUT2D eigenvalue weighted by Gasteiger charge is 2.33. The quantitative estimate of drug-likeness (QED) is 0.368. The van der Waals surface area contributed by atoms with E-state index in [1.165, 1.54) is 16.2 Å². The molecule has 186 valence electrons. The van der Waals surface area contributed by atoms with Gasteiger partial charge in [-0.1, -0.05) is 42.2 Å². The number of hydrogen-bond acceptors (Lipinski definition) is 8. The molecule has 3 aromatic rings. The van der Waals surface area contributed by atoms with Crippen molar-refractivity contribution in [3.63, 3.8) is 0 Å². The number of amides is 1. The maximum absolute atomic E-state index is 13.5. The van der Waals surface area contributed by atoms with Crippen molar-refractivity contribution < 1.29 is 14.3 Å². The molecule has 5 rings (SSSR count). The van der Waals surface area contributed by atoms with Gasteiger partial charge in [0.15, 0.2) is 0 Å². The number of carbonyl (C=O) groups is 1. The molecule has 10 heteroatoms. The van der Waals surface area contributed by atoms with E-state index in [4.69, 9.17) is 26.7 Å². The van der Waals surface area contributed by atoms with Gasteiger partial charge in [-0.05, 0) is 55.2 Å². The smallest absolute Gasteiger partial charge is 0.267 e. The third-order valence-corrected chi connectivity index (χ3v) is 7.63. The van der Waals surface area contributed by atoms with Gasteiger partial charge < -0.3 is 14.8 Å². The molecule has 0 radical (unpaired) electrons. The molecule has 2 aliphatic heterocycles. The zero-order valence-corrected chi connectivity index (χ0v) is 21.7. The lowest BCUT2D eigenvalue weighted by molar-refractivity contribution is -0.122. The summed E-state index contributed by atoms with van der Waals surface area (Å²) < 4.78 is 12.9. The number of ether oxygens (including phenoxy) is 2. The van der Waals surface area contributed by atoms with Gasteiger partial charge in [0.1, 0.15) is 21.5 Å². The SMILES string of the molecule is COc1ccc(CN2C(=O)/C(=C\c3c(NCC4CCCO4)nc4c(C)cccn4c3=O)SC2=S)cc1.